The first kappa shape index (κ1) is 18.6. The number of ether oxygens (including phenoxy) is 2. The SMILES string of the molecule is COC(=O)c1cc(OC)ccc1NC(=O)Cc1coc2ccc3ccccc3c12. The Labute approximate surface area is 167 Å². The highest BCUT2D eigenvalue weighted by molar-refractivity contribution is 6.09. The van der Waals surface area contributed by atoms with Crippen LogP contribution in [-0.4, -0.2) is 26.1 Å². The van der Waals surface area contributed by atoms with Gasteiger partial charge in [0, 0.05) is 10.9 Å². The van der Waals surface area contributed by atoms with Gasteiger partial charge in [-0.3, -0.25) is 4.79 Å². The summed E-state index contributed by atoms with van der Waals surface area (Å²) in [6.45, 7) is 0. The van der Waals surface area contributed by atoms with Crippen molar-refractivity contribution >= 4 is 39.3 Å². The Kier molecular flexibility index (Phi) is 4.91. The molecule has 0 aliphatic heterocycles. The Morgan fingerprint density at radius 2 is 1.86 bits per heavy atom. The van der Waals surface area contributed by atoms with E-state index >= 15 is 0 Å². The van der Waals surface area contributed by atoms with Gasteiger partial charge in [0.15, 0.2) is 0 Å². The lowest BCUT2D eigenvalue weighted by molar-refractivity contribution is -0.115. The number of methoxy groups -OCH3 is 2. The molecule has 146 valence electrons. The van der Waals surface area contributed by atoms with Crippen molar-refractivity contribution in [2.24, 2.45) is 0 Å². The van der Waals surface area contributed by atoms with E-state index in [0.29, 0.717) is 11.4 Å². The van der Waals surface area contributed by atoms with Crippen molar-refractivity contribution in [3.63, 3.8) is 0 Å². The maximum Gasteiger partial charge on any atom is 0.340 e. The summed E-state index contributed by atoms with van der Waals surface area (Å²) >= 11 is 0. The topological polar surface area (TPSA) is 77.8 Å². The fourth-order valence-electron chi connectivity index (χ4n) is 3.41. The van der Waals surface area contributed by atoms with Crippen molar-refractivity contribution in [3.8, 4) is 5.75 Å². The number of carbonyl (C=O) groups is 2. The first-order valence-corrected chi connectivity index (χ1v) is 9.04. The first-order valence-electron chi connectivity index (χ1n) is 9.04. The first-order chi connectivity index (χ1) is 14.1. The molecule has 0 saturated heterocycles. The van der Waals surface area contributed by atoms with Gasteiger partial charge in [-0.25, -0.2) is 4.79 Å². The van der Waals surface area contributed by atoms with Crippen LogP contribution in [-0.2, 0) is 16.0 Å². The maximum atomic E-state index is 12.7. The molecule has 0 atom stereocenters. The van der Waals surface area contributed by atoms with Crippen molar-refractivity contribution in [2.75, 3.05) is 19.5 Å². The number of hydrogen-bond acceptors (Lipinski definition) is 5. The van der Waals surface area contributed by atoms with Crippen LogP contribution in [0.3, 0.4) is 0 Å². The summed E-state index contributed by atoms with van der Waals surface area (Å²) in [5.41, 5.74) is 2.09. The Bertz CT molecular complexity index is 1220. The average molecular weight is 389 g/mol. The van der Waals surface area contributed by atoms with Gasteiger partial charge in [0.25, 0.3) is 0 Å². The monoisotopic (exact) mass is 389 g/mol. The van der Waals surface area contributed by atoms with Crippen LogP contribution in [0.4, 0.5) is 5.69 Å². The van der Waals surface area contributed by atoms with Crippen LogP contribution in [0.1, 0.15) is 15.9 Å². The summed E-state index contributed by atoms with van der Waals surface area (Å²) in [4.78, 5) is 24.8. The molecule has 0 radical (unpaired) electrons. The fraction of sp³-hybridized carbons (Fsp3) is 0.130. The number of benzene rings is 3. The summed E-state index contributed by atoms with van der Waals surface area (Å²) in [6, 6.07) is 16.7. The fourth-order valence-corrected chi connectivity index (χ4v) is 3.41. The highest BCUT2D eigenvalue weighted by atomic mass is 16.5. The van der Waals surface area contributed by atoms with E-state index < -0.39 is 5.97 Å². The molecule has 0 bridgehead atoms. The minimum atomic E-state index is -0.557. The van der Waals surface area contributed by atoms with Gasteiger partial charge in [-0.2, -0.15) is 0 Å². The van der Waals surface area contributed by atoms with Gasteiger partial charge < -0.3 is 19.2 Å². The number of fused-ring (bicyclic) bond motifs is 3. The van der Waals surface area contributed by atoms with Crippen molar-refractivity contribution in [1.82, 2.24) is 0 Å². The Morgan fingerprint density at radius 1 is 1.03 bits per heavy atom. The third-order valence-corrected chi connectivity index (χ3v) is 4.80. The van der Waals surface area contributed by atoms with E-state index in [4.69, 9.17) is 13.9 Å². The van der Waals surface area contributed by atoms with E-state index in [9.17, 15) is 9.59 Å². The summed E-state index contributed by atoms with van der Waals surface area (Å²) in [6.07, 6.45) is 1.71. The zero-order valence-corrected chi connectivity index (χ0v) is 16.0. The average Bonchev–Trinajstić information content (AvgIpc) is 3.16. The maximum absolute atomic E-state index is 12.7. The number of amides is 1. The number of carbonyl (C=O) groups excluding carboxylic acids is 2. The lowest BCUT2D eigenvalue weighted by Gasteiger charge is -2.11. The van der Waals surface area contributed by atoms with Crippen molar-refractivity contribution in [1.29, 1.82) is 0 Å². The van der Waals surface area contributed by atoms with Crippen molar-refractivity contribution < 1.29 is 23.5 Å². The molecule has 0 saturated carbocycles. The van der Waals surface area contributed by atoms with Gasteiger partial charge in [-0.05, 0) is 35.0 Å². The molecule has 0 aliphatic carbocycles. The Balaban J connectivity index is 1.64. The van der Waals surface area contributed by atoms with Crippen LogP contribution >= 0.6 is 0 Å². The summed E-state index contributed by atoms with van der Waals surface area (Å²) in [5.74, 6) is -0.328. The highest BCUT2D eigenvalue weighted by Gasteiger charge is 2.17. The molecular weight excluding hydrogens is 370 g/mol. The summed E-state index contributed by atoms with van der Waals surface area (Å²) in [7, 11) is 2.79. The lowest BCUT2D eigenvalue weighted by atomic mass is 10.0. The number of furan rings is 1. The van der Waals surface area contributed by atoms with Crippen molar-refractivity contribution in [3.05, 3.63) is 72.0 Å². The predicted molar refractivity (Wildman–Crippen MR) is 110 cm³/mol. The van der Waals surface area contributed by atoms with Crippen LogP contribution in [0.15, 0.2) is 65.3 Å². The van der Waals surface area contributed by atoms with E-state index in [0.717, 1.165) is 27.3 Å². The van der Waals surface area contributed by atoms with Crippen LogP contribution in [0.2, 0.25) is 0 Å². The minimum Gasteiger partial charge on any atom is -0.497 e. The molecule has 0 aliphatic rings. The molecule has 0 spiro atoms. The largest absolute Gasteiger partial charge is 0.497 e. The van der Waals surface area contributed by atoms with Gasteiger partial charge in [0.1, 0.15) is 11.3 Å². The molecule has 4 rings (SSSR count). The van der Waals surface area contributed by atoms with E-state index in [1.54, 1.807) is 18.4 Å². The number of esters is 1. The van der Waals surface area contributed by atoms with E-state index in [-0.39, 0.29) is 17.9 Å². The molecule has 1 N–H and O–H groups in total. The van der Waals surface area contributed by atoms with Crippen molar-refractivity contribution in [2.45, 2.75) is 6.42 Å². The minimum absolute atomic E-state index is 0.105. The molecule has 1 amide bonds. The van der Waals surface area contributed by atoms with E-state index in [1.165, 1.54) is 20.3 Å². The summed E-state index contributed by atoms with van der Waals surface area (Å²) < 4.78 is 15.6. The molecule has 0 fully saturated rings. The highest BCUT2D eigenvalue weighted by Crippen LogP contribution is 2.30. The second kappa shape index (κ2) is 7.67. The molecule has 6 nitrogen and oxygen atoms in total. The normalized spacial score (nSPS) is 10.8. The molecule has 4 aromatic rings. The van der Waals surface area contributed by atoms with Crippen LogP contribution in [0.25, 0.3) is 21.7 Å². The second-order valence-corrected chi connectivity index (χ2v) is 6.55. The molecule has 1 aromatic heterocycles. The Hall–Kier alpha value is -3.80. The van der Waals surface area contributed by atoms with Crippen LogP contribution in [0.5, 0.6) is 5.75 Å². The molecule has 3 aromatic carbocycles. The van der Waals surface area contributed by atoms with Crippen LogP contribution in [0, 0.1) is 0 Å². The smallest absolute Gasteiger partial charge is 0.340 e. The quantitative estimate of drug-likeness (QED) is 0.506. The zero-order valence-electron chi connectivity index (χ0n) is 16.0. The predicted octanol–water partition coefficient (Wildman–Crippen LogP) is 4.56. The van der Waals surface area contributed by atoms with Gasteiger partial charge in [0.05, 0.1) is 38.2 Å². The van der Waals surface area contributed by atoms with E-state index in [1.807, 2.05) is 36.4 Å². The van der Waals surface area contributed by atoms with Gasteiger partial charge in [-0.1, -0.05) is 30.3 Å². The molecule has 6 heteroatoms. The standard InChI is InChI=1S/C23H19NO5/c1-27-16-8-9-19(18(12-16)23(26)28-2)24-21(25)11-15-13-29-20-10-7-14-5-3-4-6-17(14)22(15)20/h3-10,12-13H,11H2,1-2H3,(H,24,25). The molecule has 0 unspecified atom stereocenters. The molecule has 29 heavy (non-hydrogen) atoms. The Morgan fingerprint density at radius 3 is 2.66 bits per heavy atom. The zero-order chi connectivity index (χ0) is 20.4. The van der Waals surface area contributed by atoms with Gasteiger partial charge in [0.2, 0.25) is 5.91 Å². The number of rotatable bonds is 5. The third kappa shape index (κ3) is 3.52. The molecule has 1 heterocycles. The summed E-state index contributed by atoms with van der Waals surface area (Å²) in [5, 5.41) is 5.81. The van der Waals surface area contributed by atoms with Gasteiger partial charge in [-0.15, -0.1) is 0 Å². The van der Waals surface area contributed by atoms with E-state index in [2.05, 4.69) is 5.32 Å². The second-order valence-electron chi connectivity index (χ2n) is 6.55. The number of anilines is 1. The number of nitrogens with one attached hydrogen (secondary N) is 1. The van der Waals surface area contributed by atoms with Gasteiger partial charge >= 0.3 is 5.97 Å². The lowest BCUT2D eigenvalue weighted by Crippen LogP contribution is -2.17. The number of hydrogen-bond donors (Lipinski definition) is 1. The van der Waals surface area contributed by atoms with Crippen LogP contribution < -0.4 is 10.1 Å². The third-order valence-electron chi connectivity index (χ3n) is 4.80. The molecular formula is C23H19NO5.